The number of halogens is 7. The molecule has 0 aliphatic heterocycles. The van der Waals surface area contributed by atoms with Crippen molar-refractivity contribution in [1.82, 2.24) is 4.98 Å². The lowest BCUT2D eigenvalue weighted by Crippen LogP contribution is -2.19. The normalized spacial score (nSPS) is 12.0. The molecule has 0 unspecified atom stereocenters. The molecule has 0 amide bonds. The third-order valence-electron chi connectivity index (χ3n) is 1.38. The Balaban J connectivity index is 3.25. The van der Waals surface area contributed by atoms with Gasteiger partial charge in [0.1, 0.15) is 3.70 Å². The van der Waals surface area contributed by atoms with Crippen LogP contribution in [0, 0.1) is 9.65 Å². The molecule has 0 aliphatic carbocycles. The molecule has 0 spiro atoms. The molecule has 1 aromatic rings. The van der Waals surface area contributed by atoms with Crippen LogP contribution in [0.15, 0.2) is 6.07 Å². The molecule has 0 saturated heterocycles. The maximum absolute atomic E-state index is 12.9. The van der Waals surface area contributed by atoms with Gasteiger partial charge in [0.25, 0.3) is 12.4 Å². The van der Waals surface area contributed by atoms with Gasteiger partial charge in [-0.05, 0) is 28.7 Å². The molecule has 1 aromatic heterocycles. The molecule has 0 bridgehead atoms. The number of pyridine rings is 1. The Kier molecular flexibility index (Phi) is 3.86. The Morgan fingerprint density at radius 3 is 2.31 bits per heavy atom. The average molecular weight is 357 g/mol. The summed E-state index contributed by atoms with van der Waals surface area (Å²) in [5, 5.41) is 0. The molecule has 0 saturated carbocycles. The van der Waals surface area contributed by atoms with Crippen molar-refractivity contribution in [3.8, 4) is 5.75 Å². The minimum absolute atomic E-state index is 0.195. The van der Waals surface area contributed by atoms with Crippen LogP contribution in [0.4, 0.5) is 26.3 Å². The Hall–Kier alpha value is -0.740. The van der Waals surface area contributed by atoms with Crippen molar-refractivity contribution < 1.29 is 31.1 Å². The van der Waals surface area contributed by atoms with Crippen molar-refractivity contribution in [3.63, 3.8) is 0 Å². The maximum Gasteiger partial charge on any atom is 0.573 e. The summed E-state index contributed by atoms with van der Waals surface area (Å²) in [5.74, 6) is -3.32. The molecule has 9 heteroatoms. The van der Waals surface area contributed by atoms with Gasteiger partial charge in [0.05, 0.1) is 5.56 Å². The smallest absolute Gasteiger partial charge is 0.400 e. The van der Waals surface area contributed by atoms with Crippen LogP contribution < -0.4 is 4.74 Å². The first-order valence-electron chi connectivity index (χ1n) is 3.60. The number of nitrogens with zero attached hydrogens (tertiary/aromatic N) is 1. The molecule has 16 heavy (non-hydrogen) atoms. The zero-order chi connectivity index (χ0) is 12.5. The van der Waals surface area contributed by atoms with Crippen molar-refractivity contribution in [3.05, 3.63) is 21.3 Å². The van der Waals surface area contributed by atoms with Gasteiger partial charge in [0, 0.05) is 0 Å². The predicted octanol–water partition coefficient (Wildman–Crippen LogP) is 3.66. The highest BCUT2D eigenvalue weighted by atomic mass is 127. The first kappa shape index (κ1) is 13.3. The fourth-order valence-corrected chi connectivity index (χ4v) is 1.42. The lowest BCUT2D eigenvalue weighted by Gasteiger charge is -2.13. The van der Waals surface area contributed by atoms with Gasteiger partial charge in [0.15, 0.2) is 5.75 Å². The largest absolute Gasteiger partial charge is 0.573 e. The molecule has 90 valence electrons. The summed E-state index contributed by atoms with van der Waals surface area (Å²) in [7, 11) is 0. The van der Waals surface area contributed by atoms with Crippen molar-refractivity contribution in [1.29, 1.82) is 0 Å². The summed E-state index contributed by atoms with van der Waals surface area (Å²) in [6.45, 7) is 0. The zero-order valence-corrected chi connectivity index (χ0v) is 9.31. The molecule has 2 nitrogen and oxygen atoms in total. The zero-order valence-electron chi connectivity index (χ0n) is 7.16. The molecule has 0 radical (unpaired) electrons. The average Bonchev–Trinajstić information content (AvgIpc) is 2.07. The standard InChI is InChI=1S/C7H2F6INO/c8-5(9)2-1-3(14)15-6(10)4(2)16-7(11,12)13/h1,5H. The van der Waals surface area contributed by atoms with Gasteiger partial charge in [-0.1, -0.05) is 0 Å². The maximum atomic E-state index is 12.9. The van der Waals surface area contributed by atoms with Crippen LogP contribution in [0.25, 0.3) is 0 Å². The number of hydrogen-bond donors (Lipinski definition) is 0. The predicted molar refractivity (Wildman–Crippen MR) is 48.6 cm³/mol. The molecule has 1 rings (SSSR count). The Labute approximate surface area is 98.7 Å². The van der Waals surface area contributed by atoms with E-state index in [1.54, 1.807) is 0 Å². The van der Waals surface area contributed by atoms with E-state index in [0.717, 1.165) is 0 Å². The van der Waals surface area contributed by atoms with E-state index in [1.807, 2.05) is 0 Å². The molecular weight excluding hydrogens is 355 g/mol. The third kappa shape index (κ3) is 3.39. The second kappa shape index (κ2) is 4.63. The number of alkyl halides is 5. The van der Waals surface area contributed by atoms with Gasteiger partial charge in [-0.25, -0.2) is 13.8 Å². The molecule has 0 N–H and O–H groups in total. The summed E-state index contributed by atoms with van der Waals surface area (Å²) in [5.41, 5.74) is -1.19. The second-order valence-electron chi connectivity index (χ2n) is 2.50. The van der Waals surface area contributed by atoms with E-state index in [2.05, 4.69) is 9.72 Å². The number of ether oxygens (including phenoxy) is 1. The van der Waals surface area contributed by atoms with Crippen molar-refractivity contribution in [2.75, 3.05) is 0 Å². The van der Waals surface area contributed by atoms with Gasteiger partial charge in [-0.3, -0.25) is 0 Å². The summed E-state index contributed by atoms with van der Waals surface area (Å²) >= 11 is 1.40. The molecule has 0 atom stereocenters. The first-order chi connectivity index (χ1) is 7.20. The highest BCUT2D eigenvalue weighted by Gasteiger charge is 2.35. The van der Waals surface area contributed by atoms with E-state index < -0.39 is 30.0 Å². The second-order valence-corrected chi connectivity index (χ2v) is 3.61. The lowest BCUT2D eigenvalue weighted by atomic mass is 10.2. The minimum atomic E-state index is -5.25. The van der Waals surface area contributed by atoms with E-state index in [1.165, 1.54) is 22.6 Å². The Morgan fingerprint density at radius 2 is 1.88 bits per heavy atom. The van der Waals surface area contributed by atoms with Gasteiger partial charge < -0.3 is 4.74 Å². The van der Waals surface area contributed by atoms with Gasteiger partial charge in [0.2, 0.25) is 0 Å². The highest BCUT2D eigenvalue weighted by Crippen LogP contribution is 2.35. The van der Waals surface area contributed by atoms with Crippen molar-refractivity contribution in [2.24, 2.45) is 0 Å². The molecule has 0 aromatic carbocycles. The number of aromatic nitrogens is 1. The molecule has 0 fully saturated rings. The first-order valence-corrected chi connectivity index (χ1v) is 4.68. The minimum Gasteiger partial charge on any atom is -0.400 e. The quantitative estimate of drug-likeness (QED) is 0.458. The third-order valence-corrected chi connectivity index (χ3v) is 1.93. The van der Waals surface area contributed by atoms with Crippen molar-refractivity contribution >= 4 is 22.6 Å². The Bertz CT molecular complexity index is 393. The van der Waals surface area contributed by atoms with Gasteiger partial charge >= 0.3 is 6.36 Å². The van der Waals surface area contributed by atoms with Crippen LogP contribution in [0.1, 0.15) is 12.0 Å². The number of rotatable bonds is 2. The summed E-state index contributed by atoms with van der Waals surface area (Å²) in [6.07, 6.45) is -8.54. The van der Waals surface area contributed by atoms with Crippen molar-refractivity contribution in [2.45, 2.75) is 12.8 Å². The highest BCUT2D eigenvalue weighted by molar-refractivity contribution is 14.1. The fraction of sp³-hybridized carbons (Fsp3) is 0.286. The fourth-order valence-electron chi connectivity index (χ4n) is 0.869. The Morgan fingerprint density at radius 1 is 1.31 bits per heavy atom. The van der Waals surface area contributed by atoms with E-state index in [-0.39, 0.29) is 3.70 Å². The van der Waals surface area contributed by atoms with Crippen LogP contribution in [0.2, 0.25) is 0 Å². The topological polar surface area (TPSA) is 22.1 Å². The van der Waals surface area contributed by atoms with Crippen LogP contribution in [-0.2, 0) is 0 Å². The van der Waals surface area contributed by atoms with E-state index in [9.17, 15) is 26.3 Å². The van der Waals surface area contributed by atoms with Crippen LogP contribution in [0.3, 0.4) is 0 Å². The van der Waals surface area contributed by atoms with Gasteiger partial charge in [-0.2, -0.15) is 4.39 Å². The van der Waals surface area contributed by atoms with E-state index in [0.29, 0.717) is 6.07 Å². The summed E-state index contributed by atoms with van der Waals surface area (Å²) < 4.78 is 75.9. The lowest BCUT2D eigenvalue weighted by molar-refractivity contribution is -0.276. The van der Waals surface area contributed by atoms with Crippen LogP contribution in [-0.4, -0.2) is 11.3 Å². The molecule has 1 heterocycles. The summed E-state index contributed by atoms with van der Waals surface area (Å²) in [6, 6.07) is 0.620. The van der Waals surface area contributed by atoms with Crippen LogP contribution >= 0.6 is 22.6 Å². The van der Waals surface area contributed by atoms with E-state index in [4.69, 9.17) is 0 Å². The van der Waals surface area contributed by atoms with Crippen LogP contribution in [0.5, 0.6) is 5.75 Å². The summed E-state index contributed by atoms with van der Waals surface area (Å²) in [4.78, 5) is 2.96. The molecule has 0 aliphatic rings. The molecular formula is C7H2F6INO. The SMILES string of the molecule is Fc1nc(I)cc(C(F)F)c1OC(F)(F)F. The monoisotopic (exact) mass is 357 g/mol. The number of hydrogen-bond acceptors (Lipinski definition) is 2. The van der Waals surface area contributed by atoms with E-state index >= 15 is 0 Å². The van der Waals surface area contributed by atoms with Gasteiger partial charge in [-0.15, -0.1) is 13.2 Å².